The zero-order valence-electron chi connectivity index (χ0n) is 12.6. The topological polar surface area (TPSA) is 35.5 Å². The van der Waals surface area contributed by atoms with Crippen LogP contribution in [0.25, 0.3) is 5.57 Å². The van der Waals surface area contributed by atoms with E-state index in [-0.39, 0.29) is 18.0 Å². The van der Waals surface area contributed by atoms with Gasteiger partial charge >= 0.3 is 5.97 Å². The van der Waals surface area contributed by atoms with Gasteiger partial charge in [-0.2, -0.15) is 0 Å². The average molecular weight is 274 g/mol. The summed E-state index contributed by atoms with van der Waals surface area (Å²) >= 11 is 0. The first-order valence-corrected chi connectivity index (χ1v) is 6.93. The molecule has 1 aliphatic carbocycles. The number of benzene rings is 1. The van der Waals surface area contributed by atoms with Gasteiger partial charge in [0.15, 0.2) is 0 Å². The molecule has 3 heteroatoms. The van der Waals surface area contributed by atoms with Gasteiger partial charge in [0.2, 0.25) is 0 Å². The molecule has 0 spiro atoms. The Morgan fingerprint density at radius 3 is 2.45 bits per heavy atom. The van der Waals surface area contributed by atoms with E-state index in [1.807, 2.05) is 32.0 Å². The van der Waals surface area contributed by atoms with E-state index in [1.54, 1.807) is 7.11 Å². The molecule has 0 amide bonds. The van der Waals surface area contributed by atoms with E-state index < -0.39 is 5.60 Å². The fourth-order valence-electron chi connectivity index (χ4n) is 2.91. The van der Waals surface area contributed by atoms with Crippen LogP contribution in [0.15, 0.2) is 36.4 Å². The first-order valence-electron chi connectivity index (χ1n) is 6.93. The molecule has 108 valence electrons. The van der Waals surface area contributed by atoms with E-state index in [9.17, 15) is 4.79 Å². The quantitative estimate of drug-likeness (QED) is 0.789. The SMILES string of the molecule is COC(C)(C)[C@H]1C(c2ccccc2)=CC[C@@H]1OC(C)=O. The number of hydrogen-bond donors (Lipinski definition) is 0. The van der Waals surface area contributed by atoms with E-state index in [0.29, 0.717) is 0 Å². The second kappa shape index (κ2) is 5.80. The van der Waals surface area contributed by atoms with E-state index in [0.717, 1.165) is 12.0 Å². The van der Waals surface area contributed by atoms with E-state index in [2.05, 4.69) is 18.2 Å². The lowest BCUT2D eigenvalue weighted by Crippen LogP contribution is -2.41. The maximum Gasteiger partial charge on any atom is 0.302 e. The Labute approximate surface area is 120 Å². The minimum Gasteiger partial charge on any atom is -0.461 e. The van der Waals surface area contributed by atoms with Crippen LogP contribution < -0.4 is 0 Å². The van der Waals surface area contributed by atoms with Gasteiger partial charge in [0.05, 0.1) is 11.5 Å². The number of carbonyl (C=O) groups excluding carboxylic acids is 1. The Balaban J connectivity index is 2.34. The Morgan fingerprint density at radius 1 is 1.25 bits per heavy atom. The molecule has 0 fully saturated rings. The highest BCUT2D eigenvalue weighted by Gasteiger charge is 2.43. The fourth-order valence-corrected chi connectivity index (χ4v) is 2.91. The number of ether oxygens (including phenoxy) is 2. The highest BCUT2D eigenvalue weighted by Crippen LogP contribution is 2.43. The molecule has 3 nitrogen and oxygen atoms in total. The summed E-state index contributed by atoms with van der Waals surface area (Å²) in [6.07, 6.45) is 2.74. The molecule has 0 N–H and O–H groups in total. The standard InChI is InChI=1S/C17H22O3/c1-12(18)20-15-11-10-14(13-8-6-5-7-9-13)16(15)17(2,3)19-4/h5-10,15-16H,11H2,1-4H3/t15-,16-/m0/s1. The zero-order chi connectivity index (χ0) is 14.8. The smallest absolute Gasteiger partial charge is 0.302 e. The second-order valence-corrected chi connectivity index (χ2v) is 5.69. The largest absolute Gasteiger partial charge is 0.461 e. The van der Waals surface area contributed by atoms with Crippen LogP contribution in [0.2, 0.25) is 0 Å². The van der Waals surface area contributed by atoms with Crippen LogP contribution in [0.5, 0.6) is 0 Å². The molecule has 2 rings (SSSR count). The van der Waals surface area contributed by atoms with Crippen molar-refractivity contribution in [2.24, 2.45) is 5.92 Å². The summed E-state index contributed by atoms with van der Waals surface area (Å²) in [6, 6.07) is 10.2. The van der Waals surface area contributed by atoms with Crippen molar-refractivity contribution in [3.63, 3.8) is 0 Å². The van der Waals surface area contributed by atoms with E-state index >= 15 is 0 Å². The molecule has 0 aliphatic heterocycles. The summed E-state index contributed by atoms with van der Waals surface area (Å²) in [5.74, 6) is -0.201. The summed E-state index contributed by atoms with van der Waals surface area (Å²) in [7, 11) is 1.70. The van der Waals surface area contributed by atoms with Crippen molar-refractivity contribution in [3.8, 4) is 0 Å². The van der Waals surface area contributed by atoms with Crippen LogP contribution in [0.4, 0.5) is 0 Å². The molecule has 0 bridgehead atoms. The number of carbonyl (C=O) groups is 1. The van der Waals surface area contributed by atoms with Gasteiger partial charge < -0.3 is 9.47 Å². The molecule has 2 atom stereocenters. The van der Waals surface area contributed by atoms with Gasteiger partial charge in [-0.05, 0) is 25.0 Å². The maximum absolute atomic E-state index is 11.3. The number of hydrogen-bond acceptors (Lipinski definition) is 3. The molecule has 1 aromatic carbocycles. The third kappa shape index (κ3) is 2.93. The number of rotatable bonds is 4. The first-order chi connectivity index (χ1) is 9.45. The van der Waals surface area contributed by atoms with Crippen molar-refractivity contribution in [3.05, 3.63) is 42.0 Å². The highest BCUT2D eigenvalue weighted by atomic mass is 16.5. The summed E-state index contributed by atoms with van der Waals surface area (Å²) < 4.78 is 11.1. The molecule has 1 aliphatic rings. The minimum atomic E-state index is -0.391. The highest BCUT2D eigenvalue weighted by molar-refractivity contribution is 5.72. The number of methoxy groups -OCH3 is 1. The Bertz CT molecular complexity index is 502. The summed E-state index contributed by atoms with van der Waals surface area (Å²) in [5.41, 5.74) is 1.97. The van der Waals surface area contributed by atoms with Crippen molar-refractivity contribution in [2.45, 2.75) is 38.9 Å². The molecular weight excluding hydrogens is 252 g/mol. The summed E-state index contributed by atoms with van der Waals surface area (Å²) in [5, 5.41) is 0. The van der Waals surface area contributed by atoms with Crippen LogP contribution in [0.3, 0.4) is 0 Å². The first kappa shape index (κ1) is 14.8. The fraction of sp³-hybridized carbons (Fsp3) is 0.471. The van der Waals surface area contributed by atoms with Gasteiger partial charge in [-0.1, -0.05) is 36.4 Å². The van der Waals surface area contributed by atoms with Crippen molar-refractivity contribution in [1.82, 2.24) is 0 Å². The molecule has 0 unspecified atom stereocenters. The second-order valence-electron chi connectivity index (χ2n) is 5.69. The van der Waals surface area contributed by atoms with Crippen molar-refractivity contribution in [2.75, 3.05) is 7.11 Å². The number of esters is 1. The van der Waals surface area contributed by atoms with Crippen LogP contribution in [-0.4, -0.2) is 24.8 Å². The lowest BCUT2D eigenvalue weighted by atomic mass is 9.81. The predicted octanol–water partition coefficient (Wildman–Crippen LogP) is 3.45. The van der Waals surface area contributed by atoms with Gasteiger partial charge in [-0.25, -0.2) is 0 Å². The lowest BCUT2D eigenvalue weighted by molar-refractivity contribution is -0.151. The van der Waals surface area contributed by atoms with Crippen molar-refractivity contribution < 1.29 is 14.3 Å². The molecule has 1 aromatic rings. The van der Waals surface area contributed by atoms with Crippen LogP contribution in [-0.2, 0) is 14.3 Å². The van der Waals surface area contributed by atoms with Crippen molar-refractivity contribution in [1.29, 1.82) is 0 Å². The third-order valence-electron chi connectivity index (χ3n) is 3.98. The molecule has 0 saturated heterocycles. The maximum atomic E-state index is 11.3. The summed E-state index contributed by atoms with van der Waals surface area (Å²) in [4.78, 5) is 11.3. The van der Waals surface area contributed by atoms with Gasteiger partial charge in [0.25, 0.3) is 0 Å². The average Bonchev–Trinajstić information content (AvgIpc) is 2.83. The van der Waals surface area contributed by atoms with E-state index in [1.165, 1.54) is 12.5 Å². The monoisotopic (exact) mass is 274 g/mol. The predicted molar refractivity (Wildman–Crippen MR) is 79.2 cm³/mol. The molecular formula is C17H22O3. The molecule has 0 saturated carbocycles. The third-order valence-corrected chi connectivity index (χ3v) is 3.98. The Kier molecular flexibility index (Phi) is 4.29. The molecule has 0 radical (unpaired) electrons. The lowest BCUT2D eigenvalue weighted by Gasteiger charge is -2.36. The molecule has 0 aromatic heterocycles. The van der Waals surface area contributed by atoms with Gasteiger partial charge in [0, 0.05) is 20.5 Å². The van der Waals surface area contributed by atoms with Gasteiger partial charge in [0.1, 0.15) is 6.10 Å². The molecule has 20 heavy (non-hydrogen) atoms. The molecule has 0 heterocycles. The Hall–Kier alpha value is -1.61. The minimum absolute atomic E-state index is 0.0406. The normalized spacial score (nSPS) is 22.5. The van der Waals surface area contributed by atoms with Gasteiger partial charge in [-0.15, -0.1) is 0 Å². The zero-order valence-corrected chi connectivity index (χ0v) is 12.6. The van der Waals surface area contributed by atoms with Crippen molar-refractivity contribution >= 4 is 11.5 Å². The van der Waals surface area contributed by atoms with Gasteiger partial charge in [-0.3, -0.25) is 4.79 Å². The van der Waals surface area contributed by atoms with Crippen LogP contribution >= 0.6 is 0 Å². The van der Waals surface area contributed by atoms with Crippen LogP contribution in [0, 0.1) is 5.92 Å². The Morgan fingerprint density at radius 2 is 1.90 bits per heavy atom. The van der Waals surface area contributed by atoms with E-state index in [4.69, 9.17) is 9.47 Å². The van der Waals surface area contributed by atoms with Crippen LogP contribution in [0.1, 0.15) is 32.8 Å². The summed E-state index contributed by atoms with van der Waals surface area (Å²) in [6.45, 7) is 5.53.